The predicted molar refractivity (Wildman–Crippen MR) is 111 cm³/mol. The molecule has 3 atom stereocenters. The van der Waals surface area contributed by atoms with Gasteiger partial charge < -0.3 is 14.5 Å². The van der Waals surface area contributed by atoms with Crippen molar-refractivity contribution in [2.45, 2.75) is 43.8 Å². The number of hydrogen-bond acceptors (Lipinski definition) is 7. The van der Waals surface area contributed by atoms with E-state index in [0.29, 0.717) is 24.5 Å². The molecule has 2 aromatic rings. The molecule has 2 bridgehead atoms. The van der Waals surface area contributed by atoms with Crippen molar-refractivity contribution in [3.8, 4) is 6.07 Å². The molecule has 2 fully saturated rings. The molecule has 3 aliphatic heterocycles. The van der Waals surface area contributed by atoms with Gasteiger partial charge in [0.25, 0.3) is 5.56 Å². The number of ether oxygens (including phenoxy) is 1. The third-order valence-corrected chi connectivity index (χ3v) is 6.46. The van der Waals surface area contributed by atoms with E-state index >= 15 is 0 Å². The van der Waals surface area contributed by atoms with Crippen LogP contribution >= 0.6 is 0 Å². The Hall–Kier alpha value is -3.39. The number of fused-ring (bicyclic) bond motifs is 3. The lowest BCUT2D eigenvalue weighted by Gasteiger charge is -2.39. The van der Waals surface area contributed by atoms with Crippen molar-refractivity contribution in [1.82, 2.24) is 9.55 Å². The zero-order valence-electron chi connectivity index (χ0n) is 17.5. The topological polar surface area (TPSA) is 91.5 Å². The van der Waals surface area contributed by atoms with Crippen LogP contribution in [0.4, 0.5) is 24.9 Å². The lowest BCUT2D eigenvalue weighted by atomic mass is 10.1. The smallest absolute Gasteiger partial charge is 0.374 e. The van der Waals surface area contributed by atoms with Gasteiger partial charge in [0.1, 0.15) is 11.9 Å². The third kappa shape index (κ3) is 3.84. The summed E-state index contributed by atoms with van der Waals surface area (Å²) in [6, 6.07) is 7.05. The van der Waals surface area contributed by atoms with Gasteiger partial charge in [0.2, 0.25) is 5.95 Å². The Morgan fingerprint density at radius 3 is 2.64 bits per heavy atom. The lowest BCUT2D eigenvalue weighted by Crippen LogP contribution is -2.54. The highest BCUT2D eigenvalue weighted by Gasteiger charge is 2.48. The van der Waals surface area contributed by atoms with Gasteiger partial charge in [-0.25, -0.2) is 0 Å². The maximum atomic E-state index is 13.9. The van der Waals surface area contributed by atoms with Gasteiger partial charge >= 0.3 is 6.18 Å². The number of aromatic nitrogens is 2. The van der Waals surface area contributed by atoms with E-state index in [1.807, 2.05) is 11.0 Å². The van der Waals surface area contributed by atoms with Crippen molar-refractivity contribution in [3.05, 3.63) is 51.8 Å². The van der Waals surface area contributed by atoms with Crippen LogP contribution in [0.2, 0.25) is 0 Å². The maximum Gasteiger partial charge on any atom is 0.408 e. The Labute approximate surface area is 186 Å². The summed E-state index contributed by atoms with van der Waals surface area (Å²) >= 11 is 0. The van der Waals surface area contributed by atoms with Gasteiger partial charge in [-0.05, 0) is 25.0 Å². The highest BCUT2D eigenvalue weighted by Crippen LogP contribution is 2.36. The van der Waals surface area contributed by atoms with Crippen LogP contribution < -0.4 is 15.4 Å². The minimum Gasteiger partial charge on any atom is -0.374 e. The van der Waals surface area contributed by atoms with Crippen LogP contribution in [-0.2, 0) is 11.3 Å². The van der Waals surface area contributed by atoms with Crippen LogP contribution in [0.25, 0.3) is 0 Å². The van der Waals surface area contributed by atoms with E-state index in [2.05, 4.69) is 4.98 Å². The van der Waals surface area contributed by atoms with Crippen LogP contribution in [0.15, 0.2) is 35.1 Å². The van der Waals surface area contributed by atoms with Gasteiger partial charge in [0.15, 0.2) is 5.78 Å². The van der Waals surface area contributed by atoms with Crippen LogP contribution in [-0.4, -0.2) is 59.4 Å². The molecule has 0 N–H and O–H groups in total. The third-order valence-electron chi connectivity index (χ3n) is 6.46. The number of ketones is 1. The van der Waals surface area contributed by atoms with Gasteiger partial charge in [0, 0.05) is 24.7 Å². The molecule has 0 aliphatic carbocycles. The Morgan fingerprint density at radius 2 is 2.03 bits per heavy atom. The van der Waals surface area contributed by atoms with Crippen LogP contribution in [0, 0.1) is 11.3 Å². The molecule has 1 aromatic carbocycles. The van der Waals surface area contributed by atoms with E-state index in [1.54, 1.807) is 0 Å². The van der Waals surface area contributed by atoms with Crippen molar-refractivity contribution in [1.29, 1.82) is 5.26 Å². The fourth-order valence-electron chi connectivity index (χ4n) is 4.78. The summed E-state index contributed by atoms with van der Waals surface area (Å²) in [7, 11) is 0. The van der Waals surface area contributed by atoms with E-state index in [4.69, 9.17) is 10.00 Å². The van der Waals surface area contributed by atoms with E-state index in [-0.39, 0.29) is 36.6 Å². The van der Waals surface area contributed by atoms with Crippen molar-refractivity contribution in [2.75, 3.05) is 29.5 Å². The van der Waals surface area contributed by atoms with Crippen molar-refractivity contribution >= 4 is 17.5 Å². The second-order valence-corrected chi connectivity index (χ2v) is 8.49. The van der Waals surface area contributed by atoms with Gasteiger partial charge in [-0.3, -0.25) is 14.2 Å². The number of benzene rings is 1. The zero-order valence-corrected chi connectivity index (χ0v) is 17.5. The molecule has 11 heteroatoms. The predicted octanol–water partition coefficient (Wildman–Crippen LogP) is 2.12. The summed E-state index contributed by atoms with van der Waals surface area (Å²) in [5, 5.41) is 8.92. The zero-order chi connectivity index (χ0) is 23.3. The van der Waals surface area contributed by atoms with E-state index in [9.17, 15) is 22.8 Å². The number of halogens is 3. The second kappa shape index (κ2) is 7.88. The molecule has 0 radical (unpaired) electrons. The number of anilines is 2. The van der Waals surface area contributed by atoms with E-state index in [1.165, 1.54) is 34.9 Å². The van der Waals surface area contributed by atoms with Crippen LogP contribution in [0.5, 0.6) is 0 Å². The Kier molecular flexibility index (Phi) is 5.12. The average molecular weight is 459 g/mol. The van der Waals surface area contributed by atoms with Gasteiger partial charge in [-0.2, -0.15) is 23.4 Å². The molecule has 1 aromatic heterocycles. The summed E-state index contributed by atoms with van der Waals surface area (Å²) in [6.45, 7) is 0.272. The number of Topliss-reactive ketones (excluding diaryl/α,β-unsaturated/α-hetero) is 1. The lowest BCUT2D eigenvalue weighted by molar-refractivity contribution is -0.152. The molecule has 0 amide bonds. The maximum absolute atomic E-state index is 13.9. The first kappa shape index (κ1) is 21.5. The number of carbonyl (C=O) groups is 1. The monoisotopic (exact) mass is 459 g/mol. The van der Waals surface area contributed by atoms with Gasteiger partial charge in [0.05, 0.1) is 36.9 Å². The Balaban J connectivity index is 1.52. The summed E-state index contributed by atoms with van der Waals surface area (Å²) in [5.74, 6) is -0.409. The highest BCUT2D eigenvalue weighted by molar-refractivity contribution is 5.99. The molecule has 172 valence electrons. The molecular formula is C22H20F3N5O3. The first-order valence-corrected chi connectivity index (χ1v) is 10.6. The van der Waals surface area contributed by atoms with Crippen LogP contribution in [0.3, 0.4) is 0 Å². The first-order chi connectivity index (χ1) is 15.7. The highest BCUT2D eigenvalue weighted by atomic mass is 19.4. The molecule has 5 rings (SSSR count). The molecule has 33 heavy (non-hydrogen) atoms. The molecule has 0 spiro atoms. The Bertz CT molecular complexity index is 1190. The van der Waals surface area contributed by atoms with Gasteiger partial charge in [-0.1, -0.05) is 12.1 Å². The van der Waals surface area contributed by atoms with Gasteiger partial charge in [-0.15, -0.1) is 0 Å². The summed E-state index contributed by atoms with van der Waals surface area (Å²) < 4.78 is 48.6. The molecule has 8 nitrogen and oxygen atoms in total. The fraction of sp³-hybridized carbons (Fsp3) is 0.455. The number of morpholine rings is 1. The molecule has 3 aliphatic rings. The van der Waals surface area contributed by atoms with Crippen molar-refractivity contribution in [2.24, 2.45) is 0 Å². The molecular weight excluding hydrogens is 439 g/mol. The van der Waals surface area contributed by atoms with Crippen LogP contribution in [0.1, 0.15) is 28.8 Å². The summed E-state index contributed by atoms with van der Waals surface area (Å²) in [4.78, 5) is 33.0. The molecule has 4 heterocycles. The minimum absolute atomic E-state index is 0.0209. The summed E-state index contributed by atoms with van der Waals surface area (Å²) in [6.07, 6.45) is -4.16. The average Bonchev–Trinajstić information content (AvgIpc) is 3.42. The van der Waals surface area contributed by atoms with Crippen molar-refractivity contribution < 1.29 is 22.7 Å². The molecule has 0 saturated carbocycles. The fourth-order valence-corrected chi connectivity index (χ4v) is 4.78. The normalized spacial score (nSPS) is 24.0. The minimum atomic E-state index is -4.61. The standard InChI is InChI=1S/C22H20F3N5O3/c23-22(24,25)18-5-6-28-20(32)8-19(29-10-16-7-15(29)12-33-16)27-21(28)30(18)11-17(31)14-3-1-13(9-26)2-4-14/h1-4,8,15-16,18H,5-7,10-12H2. The van der Waals surface area contributed by atoms with Crippen molar-refractivity contribution in [3.63, 3.8) is 0 Å². The second-order valence-electron chi connectivity index (χ2n) is 8.49. The van der Waals surface area contributed by atoms with E-state index in [0.717, 1.165) is 11.3 Å². The molecule has 3 unspecified atom stereocenters. The number of alkyl halides is 3. The quantitative estimate of drug-likeness (QED) is 0.647. The number of nitriles is 1. The Morgan fingerprint density at radius 1 is 1.27 bits per heavy atom. The number of rotatable bonds is 4. The SMILES string of the molecule is N#Cc1ccc(C(=O)CN2c3nc(N4CC5CC4CO5)cc(=O)n3CCC2C(F)(F)F)cc1. The largest absolute Gasteiger partial charge is 0.408 e. The number of nitrogens with zero attached hydrogens (tertiary/aromatic N) is 5. The first-order valence-electron chi connectivity index (χ1n) is 10.6. The molecule has 2 saturated heterocycles. The van der Waals surface area contributed by atoms with E-state index < -0.39 is 30.1 Å². The number of hydrogen-bond donors (Lipinski definition) is 0. The summed E-state index contributed by atoms with van der Waals surface area (Å²) in [5.41, 5.74) is 0.0690. The number of carbonyl (C=O) groups excluding carboxylic acids is 1.